The summed E-state index contributed by atoms with van der Waals surface area (Å²) in [7, 11) is 0. The minimum absolute atomic E-state index is 0.0769. The molecule has 1 aliphatic heterocycles. The summed E-state index contributed by atoms with van der Waals surface area (Å²) in [4.78, 5) is 14.3. The maximum absolute atomic E-state index is 12.5. The van der Waals surface area contributed by atoms with Gasteiger partial charge in [0.2, 0.25) is 5.91 Å². The standard InChI is InChI=1S/C17H17ClN2O/c1-11-5-3-4-6-13(11)10-20-16-8-7-14(18)9-15(16)19-12(2)17(20)21/h3-9,12,19H,10H2,1-2H3. The van der Waals surface area contributed by atoms with Crippen molar-refractivity contribution in [3.05, 3.63) is 58.6 Å². The molecule has 1 N–H and O–H groups in total. The maximum Gasteiger partial charge on any atom is 0.249 e. The average Bonchev–Trinajstić information content (AvgIpc) is 2.45. The lowest BCUT2D eigenvalue weighted by Gasteiger charge is -2.34. The highest BCUT2D eigenvalue weighted by Crippen LogP contribution is 2.34. The van der Waals surface area contributed by atoms with Crippen LogP contribution in [0.15, 0.2) is 42.5 Å². The highest BCUT2D eigenvalue weighted by Gasteiger charge is 2.29. The van der Waals surface area contributed by atoms with Crippen molar-refractivity contribution in [1.29, 1.82) is 0 Å². The molecule has 0 radical (unpaired) electrons. The van der Waals surface area contributed by atoms with Crippen molar-refractivity contribution in [2.24, 2.45) is 0 Å². The number of rotatable bonds is 2. The molecule has 0 saturated heterocycles. The Morgan fingerprint density at radius 3 is 2.76 bits per heavy atom. The number of benzene rings is 2. The molecule has 1 amide bonds. The zero-order valence-corrected chi connectivity index (χ0v) is 12.8. The number of carbonyl (C=O) groups is 1. The van der Waals surface area contributed by atoms with Gasteiger partial charge in [-0.15, -0.1) is 0 Å². The normalized spacial score (nSPS) is 17.4. The van der Waals surface area contributed by atoms with Gasteiger partial charge < -0.3 is 10.2 Å². The average molecular weight is 301 g/mol. The topological polar surface area (TPSA) is 32.3 Å². The van der Waals surface area contributed by atoms with Gasteiger partial charge in [0.15, 0.2) is 0 Å². The number of carbonyl (C=O) groups excluding carboxylic acids is 1. The van der Waals surface area contributed by atoms with Crippen molar-refractivity contribution < 1.29 is 4.79 Å². The van der Waals surface area contributed by atoms with Crippen molar-refractivity contribution >= 4 is 28.9 Å². The Bertz CT molecular complexity index is 699. The summed E-state index contributed by atoms with van der Waals surface area (Å²) in [6.07, 6.45) is 0. The second kappa shape index (κ2) is 5.41. The lowest BCUT2D eigenvalue weighted by Crippen LogP contribution is -2.45. The van der Waals surface area contributed by atoms with Crippen molar-refractivity contribution in [2.45, 2.75) is 26.4 Å². The predicted octanol–water partition coefficient (Wildman–Crippen LogP) is 4.00. The van der Waals surface area contributed by atoms with E-state index in [1.165, 1.54) is 5.56 Å². The molecule has 2 aromatic rings. The van der Waals surface area contributed by atoms with Crippen LogP contribution in [0, 0.1) is 6.92 Å². The number of amides is 1. The highest BCUT2D eigenvalue weighted by molar-refractivity contribution is 6.31. The van der Waals surface area contributed by atoms with E-state index >= 15 is 0 Å². The number of fused-ring (bicyclic) bond motifs is 1. The third-order valence-corrected chi connectivity index (χ3v) is 4.08. The Balaban J connectivity index is 2.01. The van der Waals surface area contributed by atoms with Crippen LogP contribution in [-0.2, 0) is 11.3 Å². The molecule has 108 valence electrons. The SMILES string of the molecule is Cc1ccccc1CN1C(=O)C(C)Nc2cc(Cl)ccc21. The summed E-state index contributed by atoms with van der Waals surface area (Å²) in [5.41, 5.74) is 4.13. The largest absolute Gasteiger partial charge is 0.372 e. The molecule has 1 atom stereocenters. The molecule has 21 heavy (non-hydrogen) atoms. The summed E-state index contributed by atoms with van der Waals surface area (Å²) in [5.74, 6) is 0.0769. The van der Waals surface area contributed by atoms with E-state index in [9.17, 15) is 4.79 Å². The quantitative estimate of drug-likeness (QED) is 0.909. The van der Waals surface area contributed by atoms with Crippen molar-refractivity contribution in [1.82, 2.24) is 0 Å². The van der Waals surface area contributed by atoms with Gasteiger partial charge in [-0.2, -0.15) is 0 Å². The van der Waals surface area contributed by atoms with Gasteiger partial charge >= 0.3 is 0 Å². The minimum Gasteiger partial charge on any atom is -0.372 e. The summed E-state index contributed by atoms with van der Waals surface area (Å²) < 4.78 is 0. The first-order valence-electron chi connectivity index (χ1n) is 6.98. The van der Waals surface area contributed by atoms with Gasteiger partial charge in [0.1, 0.15) is 6.04 Å². The first-order chi connectivity index (χ1) is 10.1. The Hall–Kier alpha value is -2.00. The molecule has 0 aliphatic carbocycles. The maximum atomic E-state index is 12.5. The van der Waals surface area contributed by atoms with E-state index in [4.69, 9.17) is 11.6 Å². The van der Waals surface area contributed by atoms with E-state index in [1.54, 1.807) is 0 Å². The molecule has 4 heteroatoms. The number of aryl methyl sites for hydroxylation is 1. The van der Waals surface area contributed by atoms with E-state index in [1.807, 2.05) is 42.2 Å². The van der Waals surface area contributed by atoms with Gasteiger partial charge in [0.25, 0.3) is 0 Å². The molecule has 1 heterocycles. The third kappa shape index (κ3) is 2.61. The van der Waals surface area contributed by atoms with Gasteiger partial charge in [-0.3, -0.25) is 4.79 Å². The number of anilines is 2. The zero-order valence-electron chi connectivity index (χ0n) is 12.1. The van der Waals surface area contributed by atoms with Crippen LogP contribution in [0.25, 0.3) is 0 Å². The fraction of sp³-hybridized carbons (Fsp3) is 0.235. The van der Waals surface area contributed by atoms with Crippen molar-refractivity contribution in [3.8, 4) is 0 Å². The molecule has 3 nitrogen and oxygen atoms in total. The van der Waals surface area contributed by atoms with Gasteiger partial charge in [-0.1, -0.05) is 35.9 Å². The molecule has 0 aromatic heterocycles. The molecule has 0 fully saturated rings. The summed E-state index contributed by atoms with van der Waals surface area (Å²) in [6, 6.07) is 13.5. The lowest BCUT2D eigenvalue weighted by atomic mass is 10.1. The van der Waals surface area contributed by atoms with Crippen molar-refractivity contribution in [3.63, 3.8) is 0 Å². The van der Waals surface area contributed by atoms with Gasteiger partial charge in [0.05, 0.1) is 17.9 Å². The Labute approximate surface area is 129 Å². The molecule has 1 aliphatic rings. The van der Waals surface area contributed by atoms with E-state index in [2.05, 4.69) is 24.4 Å². The fourth-order valence-corrected chi connectivity index (χ4v) is 2.80. The monoisotopic (exact) mass is 300 g/mol. The molecule has 0 spiro atoms. The van der Waals surface area contributed by atoms with Gasteiger partial charge in [0, 0.05) is 5.02 Å². The lowest BCUT2D eigenvalue weighted by molar-refractivity contribution is -0.119. The van der Waals surface area contributed by atoms with E-state index in [0.717, 1.165) is 16.9 Å². The first kappa shape index (κ1) is 14.0. The minimum atomic E-state index is -0.250. The predicted molar refractivity (Wildman–Crippen MR) is 86.9 cm³/mol. The number of hydrogen-bond donors (Lipinski definition) is 1. The molecule has 1 unspecified atom stereocenters. The molecule has 0 saturated carbocycles. The van der Waals surface area contributed by atoms with Crippen LogP contribution >= 0.6 is 11.6 Å². The first-order valence-corrected chi connectivity index (χ1v) is 7.36. The van der Waals surface area contributed by atoms with Gasteiger partial charge in [-0.05, 0) is 43.2 Å². The third-order valence-electron chi connectivity index (χ3n) is 3.85. The van der Waals surface area contributed by atoms with Crippen LogP contribution in [0.1, 0.15) is 18.1 Å². The zero-order chi connectivity index (χ0) is 15.0. The number of nitrogens with one attached hydrogen (secondary N) is 1. The summed E-state index contributed by atoms with van der Waals surface area (Å²) in [6.45, 7) is 4.51. The van der Waals surface area contributed by atoms with Crippen LogP contribution in [0.5, 0.6) is 0 Å². The van der Waals surface area contributed by atoms with Crippen LogP contribution in [0.3, 0.4) is 0 Å². The molecule has 2 aromatic carbocycles. The molecule has 0 bridgehead atoms. The van der Waals surface area contributed by atoms with Gasteiger partial charge in [-0.25, -0.2) is 0 Å². The summed E-state index contributed by atoms with van der Waals surface area (Å²) in [5, 5.41) is 3.87. The van der Waals surface area contributed by atoms with E-state index in [-0.39, 0.29) is 11.9 Å². The molecular weight excluding hydrogens is 284 g/mol. The highest BCUT2D eigenvalue weighted by atomic mass is 35.5. The number of halogens is 1. The second-order valence-electron chi connectivity index (χ2n) is 5.38. The number of hydrogen-bond acceptors (Lipinski definition) is 2. The Morgan fingerprint density at radius 1 is 1.24 bits per heavy atom. The molecule has 3 rings (SSSR count). The fourth-order valence-electron chi connectivity index (χ4n) is 2.63. The number of nitrogens with zero attached hydrogens (tertiary/aromatic N) is 1. The van der Waals surface area contributed by atoms with E-state index in [0.29, 0.717) is 11.6 Å². The second-order valence-corrected chi connectivity index (χ2v) is 5.81. The molecular formula is C17H17ClN2O. The Morgan fingerprint density at radius 2 is 2.00 bits per heavy atom. The van der Waals surface area contributed by atoms with Crippen LogP contribution in [-0.4, -0.2) is 11.9 Å². The Kier molecular flexibility index (Phi) is 3.60. The van der Waals surface area contributed by atoms with Crippen LogP contribution in [0.4, 0.5) is 11.4 Å². The van der Waals surface area contributed by atoms with E-state index < -0.39 is 0 Å². The van der Waals surface area contributed by atoms with Crippen LogP contribution in [0.2, 0.25) is 5.02 Å². The summed E-state index contributed by atoms with van der Waals surface area (Å²) >= 11 is 6.05. The van der Waals surface area contributed by atoms with Crippen molar-refractivity contribution in [2.75, 3.05) is 10.2 Å². The smallest absolute Gasteiger partial charge is 0.249 e. The van der Waals surface area contributed by atoms with Crippen LogP contribution < -0.4 is 10.2 Å².